The lowest BCUT2D eigenvalue weighted by Crippen LogP contribution is -2.46. The number of aromatic nitrogens is 4. The van der Waals surface area contributed by atoms with Crippen LogP contribution in [0.15, 0.2) is 60.9 Å². The number of halogens is 2. The molecule has 2 aromatic carbocycles. The highest BCUT2D eigenvalue weighted by atomic mass is 35.5. The van der Waals surface area contributed by atoms with E-state index in [0.29, 0.717) is 16.8 Å². The molecule has 10 heteroatoms. The van der Waals surface area contributed by atoms with Gasteiger partial charge < -0.3 is 15.5 Å². The number of piperazine rings is 1. The van der Waals surface area contributed by atoms with Crippen molar-refractivity contribution in [2.75, 3.05) is 41.7 Å². The van der Waals surface area contributed by atoms with Crippen molar-refractivity contribution >= 4 is 52.2 Å². The van der Waals surface area contributed by atoms with E-state index >= 15 is 0 Å². The second-order valence-electron chi connectivity index (χ2n) is 9.33. The summed E-state index contributed by atoms with van der Waals surface area (Å²) in [7, 11) is 0. The average molecular weight is 533 g/mol. The zero-order chi connectivity index (χ0) is 25.2. The van der Waals surface area contributed by atoms with Crippen molar-refractivity contribution in [3.8, 4) is 0 Å². The van der Waals surface area contributed by atoms with Crippen LogP contribution in [-0.4, -0.2) is 51.0 Å². The molecule has 0 spiro atoms. The van der Waals surface area contributed by atoms with Crippen LogP contribution in [0.2, 0.25) is 10.3 Å². The smallest absolute Gasteiger partial charge is 0.229 e. The van der Waals surface area contributed by atoms with Crippen LogP contribution in [0.5, 0.6) is 0 Å². The summed E-state index contributed by atoms with van der Waals surface area (Å²) in [5.41, 5.74) is 5.72. The number of benzene rings is 2. The predicted molar refractivity (Wildman–Crippen MR) is 148 cm³/mol. The van der Waals surface area contributed by atoms with Crippen LogP contribution in [0.25, 0.3) is 0 Å². The van der Waals surface area contributed by atoms with E-state index in [1.54, 1.807) is 12.4 Å². The molecule has 0 aliphatic carbocycles. The first-order valence-electron chi connectivity index (χ1n) is 12.3. The third kappa shape index (κ3) is 5.77. The summed E-state index contributed by atoms with van der Waals surface area (Å²) in [5, 5.41) is 7.48. The molecule has 0 unspecified atom stereocenters. The molecule has 0 atom stereocenters. The zero-order valence-corrected chi connectivity index (χ0v) is 21.7. The van der Waals surface area contributed by atoms with Gasteiger partial charge in [0, 0.05) is 50.3 Å². The zero-order valence-electron chi connectivity index (χ0n) is 20.2. The highest BCUT2D eigenvalue weighted by molar-refractivity contribution is 6.32. The maximum Gasteiger partial charge on any atom is 0.229 e. The Morgan fingerprint density at radius 3 is 2.51 bits per heavy atom. The summed E-state index contributed by atoms with van der Waals surface area (Å²) < 4.78 is 0. The van der Waals surface area contributed by atoms with Gasteiger partial charge in [0.15, 0.2) is 5.82 Å². The number of rotatable bonds is 3. The van der Waals surface area contributed by atoms with E-state index in [1.165, 1.54) is 16.7 Å². The van der Waals surface area contributed by atoms with E-state index in [4.69, 9.17) is 23.2 Å². The van der Waals surface area contributed by atoms with Gasteiger partial charge in [-0.1, -0.05) is 29.8 Å². The largest absolute Gasteiger partial charge is 0.354 e. The van der Waals surface area contributed by atoms with Crippen LogP contribution in [0, 0.1) is 0 Å². The van der Waals surface area contributed by atoms with Crippen molar-refractivity contribution in [1.29, 1.82) is 0 Å². The van der Waals surface area contributed by atoms with Gasteiger partial charge in [-0.2, -0.15) is 4.98 Å². The minimum atomic E-state index is 0.283. The van der Waals surface area contributed by atoms with Crippen molar-refractivity contribution in [3.05, 3.63) is 87.9 Å². The molecular formula is C27H26Cl2N8. The fourth-order valence-corrected chi connectivity index (χ4v) is 5.12. The molecule has 8 nitrogen and oxygen atoms in total. The Morgan fingerprint density at radius 1 is 0.811 bits per heavy atom. The van der Waals surface area contributed by atoms with Crippen molar-refractivity contribution in [2.45, 2.75) is 19.4 Å². The lowest BCUT2D eigenvalue weighted by molar-refractivity contribution is 0.249. The summed E-state index contributed by atoms with van der Waals surface area (Å²) in [6.45, 7) is 4.52. The normalized spacial score (nSPS) is 15.6. The topological polar surface area (TPSA) is 82.1 Å². The molecular weight excluding hydrogens is 507 g/mol. The lowest BCUT2D eigenvalue weighted by atomic mass is 10.0. The molecule has 0 radical (unpaired) electrons. The third-order valence-corrected chi connectivity index (χ3v) is 7.12. The molecule has 6 bridgehead atoms. The fraction of sp³-hybridized carbons (Fsp3) is 0.259. The molecule has 2 aliphatic heterocycles. The molecule has 188 valence electrons. The predicted octanol–water partition coefficient (Wildman–Crippen LogP) is 5.48. The number of nitrogens with zero attached hydrogens (tertiary/aromatic N) is 6. The summed E-state index contributed by atoms with van der Waals surface area (Å²) >= 11 is 12.4. The fourth-order valence-electron chi connectivity index (χ4n) is 4.84. The standard InChI is InChI=1S/C27H26Cl2N8/c28-23-16-31-27-33-21-3-1-2-18(13-21)4-5-19-12-20(15-22(14-19)32-25(23)35-27)17-36-8-10-37(11-9-36)24-6-7-30-26(29)34-24/h1-3,6-7,12-16H,4-5,8-11,17H2,(H2,31,32,33,35). The molecule has 0 amide bonds. The van der Waals surface area contributed by atoms with E-state index in [0.717, 1.165) is 62.8 Å². The average Bonchev–Trinajstić information content (AvgIpc) is 2.90. The van der Waals surface area contributed by atoms with Crippen molar-refractivity contribution in [2.24, 2.45) is 0 Å². The second kappa shape index (κ2) is 10.5. The van der Waals surface area contributed by atoms with Crippen LogP contribution >= 0.6 is 23.2 Å². The quantitative estimate of drug-likeness (QED) is 0.335. The number of hydrogen-bond donors (Lipinski definition) is 2. The summed E-state index contributed by atoms with van der Waals surface area (Å²) in [5.74, 6) is 1.96. The van der Waals surface area contributed by atoms with Gasteiger partial charge in [0.05, 0.1) is 6.20 Å². The highest BCUT2D eigenvalue weighted by Gasteiger charge is 2.19. The second-order valence-corrected chi connectivity index (χ2v) is 10.1. The molecule has 2 aliphatic rings. The summed E-state index contributed by atoms with van der Waals surface area (Å²) in [4.78, 5) is 22.1. The number of nitrogens with one attached hydrogen (secondary N) is 2. The van der Waals surface area contributed by atoms with Gasteiger partial charge in [0.2, 0.25) is 11.2 Å². The molecule has 4 heterocycles. The summed E-state index contributed by atoms with van der Waals surface area (Å²) in [6.07, 6.45) is 5.21. The molecule has 0 saturated carbocycles. The SMILES string of the molecule is Clc1nccc(N2CCN(Cc3cc4cc(c3)Nc3nc(ncc3Cl)Nc3cccc(c3)CC4)CC2)n1. The first-order chi connectivity index (χ1) is 18.1. The minimum absolute atomic E-state index is 0.283. The van der Waals surface area contributed by atoms with E-state index in [-0.39, 0.29) is 5.28 Å². The van der Waals surface area contributed by atoms with E-state index in [1.807, 2.05) is 12.1 Å². The monoisotopic (exact) mass is 532 g/mol. The molecule has 6 rings (SSSR count). The maximum absolute atomic E-state index is 6.46. The Hall–Kier alpha value is -3.46. The van der Waals surface area contributed by atoms with Gasteiger partial charge in [-0.25, -0.2) is 15.0 Å². The molecule has 1 saturated heterocycles. The van der Waals surface area contributed by atoms with Crippen LogP contribution in [0.3, 0.4) is 0 Å². The highest BCUT2D eigenvalue weighted by Crippen LogP contribution is 2.28. The Labute approximate surface area is 225 Å². The van der Waals surface area contributed by atoms with Gasteiger partial charge in [-0.05, 0) is 71.5 Å². The summed E-state index contributed by atoms with van der Waals surface area (Å²) in [6, 6.07) is 17.0. The van der Waals surface area contributed by atoms with Crippen molar-refractivity contribution in [3.63, 3.8) is 0 Å². The first kappa shape index (κ1) is 23.9. The van der Waals surface area contributed by atoms with E-state index < -0.39 is 0 Å². The Balaban J connectivity index is 1.24. The van der Waals surface area contributed by atoms with Gasteiger partial charge >= 0.3 is 0 Å². The number of anilines is 5. The van der Waals surface area contributed by atoms with E-state index in [2.05, 4.69) is 76.8 Å². The van der Waals surface area contributed by atoms with Crippen molar-refractivity contribution in [1.82, 2.24) is 24.8 Å². The van der Waals surface area contributed by atoms with Gasteiger partial charge in [-0.3, -0.25) is 4.90 Å². The number of fused-ring (bicyclic) bond motifs is 6. The molecule has 1 fully saturated rings. The lowest BCUT2D eigenvalue weighted by Gasteiger charge is -2.35. The van der Waals surface area contributed by atoms with Crippen LogP contribution < -0.4 is 15.5 Å². The van der Waals surface area contributed by atoms with Gasteiger partial charge in [0.1, 0.15) is 10.8 Å². The van der Waals surface area contributed by atoms with Gasteiger partial charge in [-0.15, -0.1) is 0 Å². The van der Waals surface area contributed by atoms with Crippen LogP contribution in [0.1, 0.15) is 16.7 Å². The number of aryl methyl sites for hydroxylation is 2. The van der Waals surface area contributed by atoms with E-state index in [9.17, 15) is 0 Å². The Morgan fingerprint density at radius 2 is 1.65 bits per heavy atom. The maximum atomic E-state index is 6.46. The third-order valence-electron chi connectivity index (χ3n) is 6.66. The molecule has 4 aromatic rings. The number of hydrogen-bond acceptors (Lipinski definition) is 8. The van der Waals surface area contributed by atoms with Crippen molar-refractivity contribution < 1.29 is 0 Å². The Kier molecular flexibility index (Phi) is 6.78. The minimum Gasteiger partial charge on any atom is -0.354 e. The van der Waals surface area contributed by atoms with Gasteiger partial charge in [0.25, 0.3) is 0 Å². The molecule has 37 heavy (non-hydrogen) atoms. The van der Waals surface area contributed by atoms with Crippen LogP contribution in [0.4, 0.5) is 29.0 Å². The molecule has 2 N–H and O–H groups in total. The first-order valence-corrected chi connectivity index (χ1v) is 13.1. The molecule has 2 aromatic heterocycles. The van der Waals surface area contributed by atoms with Crippen LogP contribution in [-0.2, 0) is 19.4 Å². The Bertz CT molecular complexity index is 1420.